The van der Waals surface area contributed by atoms with E-state index in [9.17, 15) is 0 Å². The van der Waals surface area contributed by atoms with Crippen molar-refractivity contribution < 1.29 is 0 Å². The molecule has 0 rings (SSSR count). The molecule has 0 radical (unpaired) electrons. The number of hydrogen-bond acceptors (Lipinski definition) is 0. The van der Waals surface area contributed by atoms with E-state index in [1.54, 1.807) is 6.08 Å². The molecule has 0 aromatic rings. The smallest absolute Gasteiger partial charge is 0.0201 e. The highest BCUT2D eigenvalue weighted by Gasteiger charge is 1.92. The third-order valence-corrected chi connectivity index (χ3v) is 2.10. The first-order chi connectivity index (χ1) is 4.09. The van der Waals surface area contributed by atoms with Crippen molar-refractivity contribution in [1.82, 2.24) is 0 Å². The zero-order chi connectivity index (χ0) is 7.44. The average molecular weight is 187 g/mol. The van der Waals surface area contributed by atoms with Gasteiger partial charge in [0.05, 0.1) is 0 Å². The molecular weight excluding hydrogens is 176 g/mol. The fraction of sp³-hybridized carbons (Fsp3) is 0.250. The molecule has 0 unspecified atom stereocenters. The number of allylic oxidation sites excluding steroid dienone is 4. The molecule has 0 saturated heterocycles. The molecule has 0 spiro atoms. The number of rotatable bonds is 2. The lowest BCUT2D eigenvalue weighted by molar-refractivity contribution is 1.36. The van der Waals surface area contributed by atoms with Gasteiger partial charge in [-0.05, 0) is 19.4 Å². The van der Waals surface area contributed by atoms with E-state index >= 15 is 0 Å². The minimum Gasteiger partial charge on any atom is -0.0979 e. The van der Waals surface area contributed by atoms with Crippen LogP contribution in [0.3, 0.4) is 0 Å². The van der Waals surface area contributed by atoms with Gasteiger partial charge in [-0.1, -0.05) is 40.7 Å². The van der Waals surface area contributed by atoms with Crippen LogP contribution in [0.4, 0.5) is 0 Å². The maximum absolute atomic E-state index is 3.79. The molecule has 0 bridgehead atoms. The van der Waals surface area contributed by atoms with E-state index in [4.69, 9.17) is 0 Å². The minimum absolute atomic E-state index is 1.02. The second-order valence-corrected chi connectivity index (χ2v) is 2.81. The van der Waals surface area contributed by atoms with E-state index in [2.05, 4.69) is 29.1 Å². The zero-order valence-corrected chi connectivity index (χ0v) is 7.46. The van der Waals surface area contributed by atoms with Gasteiger partial charge in [0, 0.05) is 4.48 Å². The van der Waals surface area contributed by atoms with Crippen LogP contribution in [0.15, 0.2) is 34.9 Å². The molecule has 0 aromatic heterocycles. The third kappa shape index (κ3) is 2.66. The first-order valence-electron chi connectivity index (χ1n) is 2.74. The molecule has 50 valence electrons. The highest BCUT2D eigenvalue weighted by Crippen LogP contribution is 2.17. The van der Waals surface area contributed by atoms with Crippen molar-refractivity contribution in [3.63, 3.8) is 0 Å². The standard InChI is InChI=1S/C8H11Br/c1-5-8(9)7(4)6(2)3/h5H,1-2H2,3-4H3/b8-7+. The normalized spacial score (nSPS) is 12.3. The average Bonchev–Trinajstić information content (AvgIpc) is 1.84. The van der Waals surface area contributed by atoms with Crippen LogP contribution in [0.1, 0.15) is 13.8 Å². The van der Waals surface area contributed by atoms with Gasteiger partial charge in [-0.15, -0.1) is 0 Å². The molecule has 0 N–H and O–H groups in total. The molecule has 0 aromatic carbocycles. The van der Waals surface area contributed by atoms with Gasteiger partial charge in [-0.25, -0.2) is 0 Å². The molecule has 0 nitrogen and oxygen atoms in total. The van der Waals surface area contributed by atoms with Crippen LogP contribution in [-0.4, -0.2) is 0 Å². The molecule has 0 aliphatic heterocycles. The van der Waals surface area contributed by atoms with Gasteiger partial charge in [0.25, 0.3) is 0 Å². The molecule has 9 heavy (non-hydrogen) atoms. The first kappa shape index (κ1) is 8.70. The Morgan fingerprint density at radius 3 is 2.00 bits per heavy atom. The molecule has 0 saturated carbocycles. The molecule has 0 heterocycles. The third-order valence-electron chi connectivity index (χ3n) is 1.18. The van der Waals surface area contributed by atoms with Crippen molar-refractivity contribution in [2.24, 2.45) is 0 Å². The van der Waals surface area contributed by atoms with Crippen molar-refractivity contribution >= 4 is 15.9 Å². The van der Waals surface area contributed by atoms with E-state index in [1.807, 2.05) is 13.8 Å². The van der Waals surface area contributed by atoms with Crippen LogP contribution in [0, 0.1) is 0 Å². The molecule has 0 aliphatic rings. The van der Waals surface area contributed by atoms with Gasteiger partial charge < -0.3 is 0 Å². The summed E-state index contributed by atoms with van der Waals surface area (Å²) in [6.07, 6.45) is 1.77. The molecule has 0 aliphatic carbocycles. The second kappa shape index (κ2) is 3.67. The molecule has 0 amide bonds. The molecule has 0 fully saturated rings. The van der Waals surface area contributed by atoms with Crippen LogP contribution in [0.2, 0.25) is 0 Å². The van der Waals surface area contributed by atoms with Crippen LogP contribution in [0.25, 0.3) is 0 Å². The van der Waals surface area contributed by atoms with Gasteiger partial charge in [0.2, 0.25) is 0 Å². The number of halogens is 1. The van der Waals surface area contributed by atoms with E-state index in [0.29, 0.717) is 0 Å². The Morgan fingerprint density at radius 1 is 1.44 bits per heavy atom. The highest BCUT2D eigenvalue weighted by atomic mass is 79.9. The van der Waals surface area contributed by atoms with Crippen molar-refractivity contribution in [2.75, 3.05) is 0 Å². The van der Waals surface area contributed by atoms with Crippen LogP contribution in [0.5, 0.6) is 0 Å². The van der Waals surface area contributed by atoms with Crippen molar-refractivity contribution in [2.45, 2.75) is 13.8 Å². The Balaban J connectivity index is 4.47. The van der Waals surface area contributed by atoms with Crippen LogP contribution in [-0.2, 0) is 0 Å². The topological polar surface area (TPSA) is 0 Å². The van der Waals surface area contributed by atoms with Crippen LogP contribution >= 0.6 is 15.9 Å². The summed E-state index contributed by atoms with van der Waals surface area (Å²) in [4.78, 5) is 0. The Kier molecular flexibility index (Phi) is 3.55. The summed E-state index contributed by atoms with van der Waals surface area (Å²) in [5, 5.41) is 0. The summed E-state index contributed by atoms with van der Waals surface area (Å²) in [7, 11) is 0. The lowest BCUT2D eigenvalue weighted by Gasteiger charge is -1.98. The Morgan fingerprint density at radius 2 is 1.89 bits per heavy atom. The largest absolute Gasteiger partial charge is 0.0979 e. The maximum Gasteiger partial charge on any atom is 0.0201 e. The first-order valence-corrected chi connectivity index (χ1v) is 3.53. The van der Waals surface area contributed by atoms with Gasteiger partial charge in [0.1, 0.15) is 0 Å². The summed E-state index contributed by atoms with van der Waals surface area (Å²) < 4.78 is 1.02. The summed E-state index contributed by atoms with van der Waals surface area (Å²) in [5.41, 5.74) is 2.23. The van der Waals surface area contributed by atoms with E-state index in [1.165, 1.54) is 0 Å². The Hall–Kier alpha value is -0.300. The van der Waals surface area contributed by atoms with Gasteiger partial charge in [-0.2, -0.15) is 0 Å². The quantitative estimate of drug-likeness (QED) is 0.581. The van der Waals surface area contributed by atoms with Crippen molar-refractivity contribution in [1.29, 1.82) is 0 Å². The summed E-state index contributed by atoms with van der Waals surface area (Å²) in [6.45, 7) is 11.4. The number of hydrogen-bond donors (Lipinski definition) is 0. The Bertz CT molecular complexity index is 163. The molecular formula is C8H11Br. The van der Waals surface area contributed by atoms with Crippen molar-refractivity contribution in [3.8, 4) is 0 Å². The Labute approximate surface area is 65.1 Å². The maximum atomic E-state index is 3.79. The van der Waals surface area contributed by atoms with Gasteiger partial charge in [-0.3, -0.25) is 0 Å². The van der Waals surface area contributed by atoms with E-state index < -0.39 is 0 Å². The summed E-state index contributed by atoms with van der Waals surface area (Å²) in [5.74, 6) is 0. The fourth-order valence-corrected chi connectivity index (χ4v) is 0.695. The van der Waals surface area contributed by atoms with Crippen molar-refractivity contribution in [3.05, 3.63) is 34.9 Å². The fourth-order valence-electron chi connectivity index (χ4n) is 0.357. The molecule has 1 heteroatoms. The van der Waals surface area contributed by atoms with E-state index in [0.717, 1.165) is 15.6 Å². The lowest BCUT2D eigenvalue weighted by atomic mass is 10.1. The second-order valence-electron chi connectivity index (χ2n) is 1.96. The predicted molar refractivity (Wildman–Crippen MR) is 46.6 cm³/mol. The van der Waals surface area contributed by atoms with Gasteiger partial charge >= 0.3 is 0 Å². The lowest BCUT2D eigenvalue weighted by Crippen LogP contribution is -1.77. The van der Waals surface area contributed by atoms with E-state index in [-0.39, 0.29) is 0 Å². The minimum atomic E-state index is 1.02. The SMILES string of the molecule is C=C/C(Br)=C(/C)C(=C)C. The molecule has 0 atom stereocenters. The monoisotopic (exact) mass is 186 g/mol. The summed E-state index contributed by atoms with van der Waals surface area (Å²) in [6, 6.07) is 0. The van der Waals surface area contributed by atoms with Crippen LogP contribution < -0.4 is 0 Å². The predicted octanol–water partition coefficient (Wildman–Crippen LogP) is 3.42. The van der Waals surface area contributed by atoms with Gasteiger partial charge in [0.15, 0.2) is 0 Å². The highest BCUT2D eigenvalue weighted by molar-refractivity contribution is 9.11. The zero-order valence-electron chi connectivity index (χ0n) is 5.87. The summed E-state index contributed by atoms with van der Waals surface area (Å²) >= 11 is 3.34.